The van der Waals surface area contributed by atoms with Crippen molar-refractivity contribution in [2.45, 2.75) is 25.7 Å². The zero-order valence-electron chi connectivity index (χ0n) is 9.76. The molecule has 0 aromatic heterocycles. The first-order chi connectivity index (χ1) is 8.12. The molecule has 0 atom stereocenters. The molecular formula is C8H18F2O6S2. The van der Waals surface area contributed by atoms with Gasteiger partial charge in [0.15, 0.2) is 0 Å². The normalized spacial score (nSPS) is 11.8. The van der Waals surface area contributed by atoms with Crippen LogP contribution in [0.15, 0.2) is 0 Å². The van der Waals surface area contributed by atoms with E-state index in [1.807, 2.05) is 0 Å². The van der Waals surface area contributed by atoms with Gasteiger partial charge in [-0.3, -0.25) is 17.9 Å². The van der Waals surface area contributed by atoms with E-state index < -0.39 is 33.6 Å². The Bertz CT molecular complexity index is 340. The van der Waals surface area contributed by atoms with E-state index in [0.717, 1.165) is 0 Å². The van der Waals surface area contributed by atoms with Crippen molar-refractivity contribution in [3.05, 3.63) is 0 Å². The summed E-state index contributed by atoms with van der Waals surface area (Å²) in [4.78, 5) is 0. The van der Waals surface area contributed by atoms with Crippen LogP contribution in [0.2, 0.25) is 0 Å². The lowest BCUT2D eigenvalue weighted by Gasteiger charge is -1.91. The molecule has 0 aliphatic rings. The molecule has 2 N–H and O–H groups in total. The Labute approximate surface area is 106 Å². The van der Waals surface area contributed by atoms with Gasteiger partial charge in [0.1, 0.15) is 0 Å². The van der Waals surface area contributed by atoms with E-state index in [0.29, 0.717) is 0 Å². The van der Waals surface area contributed by atoms with Crippen LogP contribution in [0.3, 0.4) is 0 Å². The van der Waals surface area contributed by atoms with E-state index in [4.69, 9.17) is 9.11 Å². The van der Waals surface area contributed by atoms with Crippen LogP contribution in [-0.2, 0) is 20.2 Å². The van der Waals surface area contributed by atoms with Gasteiger partial charge in [0.05, 0.1) is 24.9 Å². The molecule has 112 valence electrons. The van der Waals surface area contributed by atoms with Gasteiger partial charge in [-0.1, -0.05) is 0 Å². The number of alkyl halides is 2. The number of hydrogen-bond donors (Lipinski definition) is 2. The van der Waals surface area contributed by atoms with Crippen molar-refractivity contribution in [1.82, 2.24) is 0 Å². The van der Waals surface area contributed by atoms with Gasteiger partial charge >= 0.3 is 0 Å². The van der Waals surface area contributed by atoms with Gasteiger partial charge in [-0.05, 0) is 25.7 Å². The van der Waals surface area contributed by atoms with Crippen LogP contribution >= 0.6 is 0 Å². The third-order valence-corrected chi connectivity index (χ3v) is 3.18. The molecular weight excluding hydrogens is 294 g/mol. The van der Waals surface area contributed by atoms with Crippen molar-refractivity contribution >= 4 is 20.2 Å². The summed E-state index contributed by atoms with van der Waals surface area (Å²) in [5, 5.41) is 0. The molecule has 0 saturated heterocycles. The van der Waals surface area contributed by atoms with Gasteiger partial charge in [-0.2, -0.15) is 16.8 Å². The van der Waals surface area contributed by atoms with Gasteiger partial charge < -0.3 is 0 Å². The molecule has 0 heterocycles. The van der Waals surface area contributed by atoms with Gasteiger partial charge in [0.25, 0.3) is 20.2 Å². The Morgan fingerprint density at radius 1 is 0.667 bits per heavy atom. The molecule has 0 aliphatic carbocycles. The second-order valence-corrected chi connectivity index (χ2v) is 6.51. The maximum Gasteiger partial charge on any atom is 0.264 e. The SMILES string of the molecule is O=S(=O)(O)CCCCF.O=S(=O)(O)CCCCF. The van der Waals surface area contributed by atoms with Crippen molar-refractivity contribution in [1.29, 1.82) is 0 Å². The van der Waals surface area contributed by atoms with Gasteiger partial charge in [0, 0.05) is 0 Å². The van der Waals surface area contributed by atoms with E-state index >= 15 is 0 Å². The summed E-state index contributed by atoms with van der Waals surface area (Å²) in [7, 11) is -7.73. The van der Waals surface area contributed by atoms with Crippen molar-refractivity contribution in [3.63, 3.8) is 0 Å². The number of halogens is 2. The lowest BCUT2D eigenvalue weighted by atomic mass is 10.4. The molecule has 10 heteroatoms. The maximum atomic E-state index is 11.3. The van der Waals surface area contributed by atoms with Gasteiger partial charge in [-0.15, -0.1) is 0 Å². The minimum absolute atomic E-state index is 0.190. The van der Waals surface area contributed by atoms with Crippen LogP contribution in [0.25, 0.3) is 0 Å². The standard InChI is InChI=1S/2C4H9FO3S/c2*5-3-1-2-4-9(6,7)8/h2*1-4H2,(H,6,7,8). The molecule has 0 fully saturated rings. The smallest absolute Gasteiger partial charge is 0.264 e. The van der Waals surface area contributed by atoms with E-state index in [1.54, 1.807) is 0 Å². The average molecular weight is 312 g/mol. The molecule has 0 unspecified atom stereocenters. The number of hydrogen-bond acceptors (Lipinski definition) is 4. The molecule has 0 aromatic rings. The minimum Gasteiger partial charge on any atom is -0.286 e. The summed E-state index contributed by atoms with van der Waals surface area (Å²) < 4.78 is 78.5. The molecule has 0 spiro atoms. The average Bonchev–Trinajstić information content (AvgIpc) is 2.16. The monoisotopic (exact) mass is 312 g/mol. The van der Waals surface area contributed by atoms with E-state index in [1.165, 1.54) is 0 Å². The van der Waals surface area contributed by atoms with Crippen LogP contribution in [0, 0.1) is 0 Å². The Morgan fingerprint density at radius 2 is 0.944 bits per heavy atom. The molecule has 0 aromatic carbocycles. The van der Waals surface area contributed by atoms with Crippen molar-refractivity contribution in [3.8, 4) is 0 Å². The van der Waals surface area contributed by atoms with Gasteiger partial charge in [-0.25, -0.2) is 0 Å². The maximum absolute atomic E-state index is 11.3. The van der Waals surface area contributed by atoms with Crippen molar-refractivity contribution in [2.24, 2.45) is 0 Å². The first kappa shape index (κ1) is 20.0. The molecule has 6 nitrogen and oxygen atoms in total. The fourth-order valence-electron chi connectivity index (χ4n) is 0.758. The highest BCUT2D eigenvalue weighted by Gasteiger charge is 2.02. The van der Waals surface area contributed by atoms with Crippen LogP contribution in [0.1, 0.15) is 25.7 Å². The predicted octanol–water partition coefficient (Wildman–Crippen LogP) is 1.25. The number of rotatable bonds is 8. The Balaban J connectivity index is 0. The second-order valence-electron chi connectivity index (χ2n) is 3.36. The predicted molar refractivity (Wildman–Crippen MR) is 63.2 cm³/mol. The van der Waals surface area contributed by atoms with Gasteiger partial charge in [0.2, 0.25) is 0 Å². The second kappa shape index (κ2) is 10.6. The summed E-state index contributed by atoms with van der Waals surface area (Å²) in [5.41, 5.74) is 0. The minimum atomic E-state index is -3.86. The highest BCUT2D eigenvalue weighted by molar-refractivity contribution is 7.86. The lowest BCUT2D eigenvalue weighted by molar-refractivity contribution is 0.454. The molecule has 0 saturated carbocycles. The summed E-state index contributed by atoms with van der Waals surface area (Å²) in [5.74, 6) is -0.673. The quantitative estimate of drug-likeness (QED) is 0.516. The Kier molecular flexibility index (Phi) is 11.8. The third-order valence-electron chi connectivity index (χ3n) is 1.57. The van der Waals surface area contributed by atoms with Crippen LogP contribution < -0.4 is 0 Å². The molecule has 0 rings (SSSR count). The molecule has 18 heavy (non-hydrogen) atoms. The molecule has 0 bridgehead atoms. The van der Waals surface area contributed by atoms with Crippen LogP contribution in [0.5, 0.6) is 0 Å². The zero-order chi connectivity index (χ0) is 14.7. The Morgan fingerprint density at radius 3 is 1.11 bits per heavy atom. The van der Waals surface area contributed by atoms with E-state index in [9.17, 15) is 25.6 Å². The molecule has 0 amide bonds. The van der Waals surface area contributed by atoms with E-state index in [2.05, 4.69) is 0 Å². The van der Waals surface area contributed by atoms with Crippen LogP contribution in [0.4, 0.5) is 8.78 Å². The molecule has 0 aliphatic heterocycles. The Hall–Kier alpha value is -0.320. The third kappa shape index (κ3) is 24.8. The van der Waals surface area contributed by atoms with Crippen LogP contribution in [-0.4, -0.2) is 50.8 Å². The van der Waals surface area contributed by atoms with Crippen molar-refractivity contribution < 1.29 is 34.7 Å². The zero-order valence-corrected chi connectivity index (χ0v) is 11.4. The fourth-order valence-corrected chi connectivity index (χ4v) is 1.90. The summed E-state index contributed by atoms with van der Waals surface area (Å²) >= 11 is 0. The van der Waals surface area contributed by atoms with E-state index in [-0.39, 0.29) is 37.2 Å². The topological polar surface area (TPSA) is 109 Å². The first-order valence-corrected chi connectivity index (χ1v) is 8.36. The summed E-state index contributed by atoms with van der Waals surface area (Å²) in [6, 6.07) is 0. The first-order valence-electron chi connectivity index (χ1n) is 5.14. The lowest BCUT2D eigenvalue weighted by Crippen LogP contribution is -2.03. The fraction of sp³-hybridized carbons (Fsp3) is 1.00. The largest absolute Gasteiger partial charge is 0.286 e. The van der Waals surface area contributed by atoms with Crippen molar-refractivity contribution in [2.75, 3.05) is 24.9 Å². The highest BCUT2D eigenvalue weighted by Crippen LogP contribution is 1.94. The number of unbranched alkanes of at least 4 members (excludes halogenated alkanes) is 2. The highest BCUT2D eigenvalue weighted by atomic mass is 32.2. The summed E-state index contributed by atoms with van der Waals surface area (Å²) in [6.07, 6.45) is 0.768. The molecule has 0 radical (unpaired) electrons. The summed E-state index contributed by atoms with van der Waals surface area (Å²) in [6.45, 7) is -1.06.